The number of hydrogen-bond acceptors (Lipinski definition) is 6. The molecule has 0 radical (unpaired) electrons. The van der Waals surface area contributed by atoms with Crippen molar-refractivity contribution < 1.29 is 28.6 Å². The van der Waals surface area contributed by atoms with Crippen LogP contribution in [0.2, 0.25) is 0 Å². The molecule has 1 fully saturated rings. The van der Waals surface area contributed by atoms with Gasteiger partial charge in [0.25, 0.3) is 5.91 Å². The summed E-state index contributed by atoms with van der Waals surface area (Å²) < 4.78 is 15.9. The summed E-state index contributed by atoms with van der Waals surface area (Å²) in [5.74, 6) is -0.0461. The molecule has 1 saturated carbocycles. The number of hydrogen-bond donors (Lipinski definition) is 2. The lowest BCUT2D eigenvalue weighted by molar-refractivity contribution is -0.157. The molecular weight excluding hydrogens is 352 g/mol. The topological polar surface area (TPSA) is 103 Å². The number of benzene rings is 1. The number of amides is 3. The molecule has 8 nitrogen and oxygen atoms in total. The van der Waals surface area contributed by atoms with Crippen LogP contribution in [0.15, 0.2) is 24.3 Å². The van der Waals surface area contributed by atoms with E-state index in [9.17, 15) is 14.4 Å². The maximum absolute atomic E-state index is 12.1. The Morgan fingerprint density at radius 2 is 1.89 bits per heavy atom. The number of rotatable bonds is 4. The molecule has 0 aromatic heterocycles. The highest BCUT2D eigenvalue weighted by atomic mass is 16.6. The second-order valence-corrected chi connectivity index (χ2v) is 6.86. The number of imide groups is 1. The minimum absolute atomic E-state index is 0.00246. The minimum Gasteiger partial charge on any atom is -0.485 e. The van der Waals surface area contributed by atoms with E-state index < -0.39 is 30.6 Å². The second kappa shape index (κ2) is 8.75. The third-order valence-electron chi connectivity index (χ3n) is 4.80. The molecule has 3 amide bonds. The van der Waals surface area contributed by atoms with Gasteiger partial charge in [-0.1, -0.05) is 31.9 Å². The summed E-state index contributed by atoms with van der Waals surface area (Å²) in [6.07, 6.45) is 3.23. The van der Waals surface area contributed by atoms with Crippen LogP contribution >= 0.6 is 0 Å². The lowest BCUT2D eigenvalue weighted by Crippen LogP contribution is -2.49. The highest BCUT2D eigenvalue weighted by molar-refractivity contribution is 5.95. The smallest absolute Gasteiger partial charge is 0.351 e. The summed E-state index contributed by atoms with van der Waals surface area (Å²) in [6, 6.07) is 6.45. The molecule has 2 aliphatic rings. The summed E-state index contributed by atoms with van der Waals surface area (Å²) >= 11 is 0. The van der Waals surface area contributed by atoms with E-state index in [0.29, 0.717) is 17.4 Å². The second-order valence-electron chi connectivity index (χ2n) is 6.86. The quantitative estimate of drug-likeness (QED) is 0.777. The van der Waals surface area contributed by atoms with Gasteiger partial charge >= 0.3 is 12.0 Å². The monoisotopic (exact) mass is 376 g/mol. The van der Waals surface area contributed by atoms with E-state index in [1.165, 1.54) is 0 Å². The molecule has 146 valence electrons. The van der Waals surface area contributed by atoms with E-state index in [1.54, 1.807) is 24.3 Å². The molecule has 0 spiro atoms. The fourth-order valence-electron chi connectivity index (χ4n) is 3.26. The van der Waals surface area contributed by atoms with Gasteiger partial charge < -0.3 is 19.5 Å². The Labute approximate surface area is 157 Å². The highest BCUT2D eigenvalue weighted by Crippen LogP contribution is 2.31. The molecule has 3 rings (SSSR count). The Bertz CT molecular complexity index is 707. The number of nitrogens with one attached hydrogen (secondary N) is 2. The van der Waals surface area contributed by atoms with E-state index in [1.807, 2.05) is 0 Å². The van der Waals surface area contributed by atoms with Gasteiger partial charge in [-0.2, -0.15) is 0 Å². The summed E-state index contributed by atoms with van der Waals surface area (Å²) in [7, 11) is 0. The van der Waals surface area contributed by atoms with Crippen molar-refractivity contribution in [3.05, 3.63) is 24.3 Å². The van der Waals surface area contributed by atoms with Crippen LogP contribution in [0.1, 0.15) is 32.6 Å². The predicted octanol–water partition coefficient (Wildman–Crippen LogP) is 1.77. The zero-order valence-corrected chi connectivity index (χ0v) is 15.2. The summed E-state index contributed by atoms with van der Waals surface area (Å²) in [5, 5.41) is 4.99. The zero-order chi connectivity index (χ0) is 19.2. The zero-order valence-electron chi connectivity index (χ0n) is 15.2. The number of urea groups is 1. The average Bonchev–Trinajstić information content (AvgIpc) is 2.67. The lowest BCUT2D eigenvalue weighted by Gasteiger charge is -2.29. The predicted molar refractivity (Wildman–Crippen MR) is 95.4 cm³/mol. The Balaban J connectivity index is 1.40. The molecule has 3 atom stereocenters. The minimum atomic E-state index is -0.954. The standard InChI is InChI=1S/C19H24N2O6/c1-12-6-2-3-7-13(12)20-19(24)21-17(22)11-26-18(23)16-10-25-14-8-4-5-9-15(14)27-16/h4-5,8-9,12-13,16H,2-3,6-7,10-11H2,1H3,(H2,20,21,22,24)/t12-,13+,16-/m0/s1. The van der Waals surface area contributed by atoms with Crippen LogP contribution in [0.3, 0.4) is 0 Å². The van der Waals surface area contributed by atoms with Crippen LogP contribution < -0.4 is 20.1 Å². The molecule has 1 aliphatic heterocycles. The van der Waals surface area contributed by atoms with Crippen LogP contribution in [0.25, 0.3) is 0 Å². The van der Waals surface area contributed by atoms with E-state index >= 15 is 0 Å². The van der Waals surface area contributed by atoms with Crippen LogP contribution in [-0.4, -0.2) is 43.3 Å². The molecule has 8 heteroatoms. The van der Waals surface area contributed by atoms with Crippen molar-refractivity contribution in [3.8, 4) is 11.5 Å². The molecule has 1 aromatic carbocycles. The summed E-state index contributed by atoms with van der Waals surface area (Å²) in [4.78, 5) is 35.8. The normalized spacial score (nSPS) is 23.8. The number of esters is 1. The van der Waals surface area contributed by atoms with Gasteiger partial charge in [-0.25, -0.2) is 9.59 Å². The first kappa shape index (κ1) is 19.0. The van der Waals surface area contributed by atoms with Crippen molar-refractivity contribution in [1.82, 2.24) is 10.6 Å². The van der Waals surface area contributed by atoms with Crippen molar-refractivity contribution >= 4 is 17.9 Å². The van der Waals surface area contributed by atoms with Gasteiger partial charge in [-0.3, -0.25) is 10.1 Å². The molecule has 2 N–H and O–H groups in total. The molecule has 0 saturated heterocycles. The van der Waals surface area contributed by atoms with Crippen molar-refractivity contribution in [2.45, 2.75) is 44.8 Å². The molecule has 0 bridgehead atoms. The first-order valence-corrected chi connectivity index (χ1v) is 9.18. The van der Waals surface area contributed by atoms with E-state index in [0.717, 1.165) is 25.7 Å². The van der Waals surface area contributed by atoms with Crippen LogP contribution in [-0.2, 0) is 14.3 Å². The lowest BCUT2D eigenvalue weighted by atomic mass is 9.86. The van der Waals surface area contributed by atoms with Gasteiger partial charge in [-0.05, 0) is 30.9 Å². The molecular formula is C19H24N2O6. The summed E-state index contributed by atoms with van der Waals surface area (Å²) in [5.41, 5.74) is 0. The SMILES string of the molecule is C[C@H]1CCCC[C@H]1NC(=O)NC(=O)COC(=O)[C@@H]1COc2ccccc2O1. The van der Waals surface area contributed by atoms with Crippen molar-refractivity contribution in [3.63, 3.8) is 0 Å². The largest absolute Gasteiger partial charge is 0.485 e. The van der Waals surface area contributed by atoms with Crippen LogP contribution in [0, 0.1) is 5.92 Å². The van der Waals surface area contributed by atoms with Crippen molar-refractivity contribution in [1.29, 1.82) is 0 Å². The number of para-hydroxylation sites is 2. The maximum Gasteiger partial charge on any atom is 0.351 e. The Hall–Kier alpha value is -2.77. The highest BCUT2D eigenvalue weighted by Gasteiger charge is 2.29. The van der Waals surface area contributed by atoms with Crippen LogP contribution in [0.4, 0.5) is 4.79 Å². The van der Waals surface area contributed by atoms with Crippen LogP contribution in [0.5, 0.6) is 11.5 Å². The van der Waals surface area contributed by atoms with Gasteiger partial charge in [0.2, 0.25) is 6.10 Å². The molecule has 1 aromatic rings. The maximum atomic E-state index is 12.1. The van der Waals surface area contributed by atoms with Gasteiger partial charge in [0, 0.05) is 6.04 Å². The number of ether oxygens (including phenoxy) is 3. The van der Waals surface area contributed by atoms with Gasteiger partial charge in [0.15, 0.2) is 18.1 Å². The van der Waals surface area contributed by atoms with Crippen molar-refractivity contribution in [2.24, 2.45) is 5.92 Å². The van der Waals surface area contributed by atoms with Gasteiger partial charge in [0.05, 0.1) is 0 Å². The summed E-state index contributed by atoms with van der Waals surface area (Å²) in [6.45, 7) is 1.52. The average molecular weight is 376 g/mol. The Morgan fingerprint density at radius 3 is 2.67 bits per heavy atom. The first-order chi connectivity index (χ1) is 13.0. The third kappa shape index (κ3) is 5.12. The van der Waals surface area contributed by atoms with Crippen molar-refractivity contribution in [2.75, 3.05) is 13.2 Å². The van der Waals surface area contributed by atoms with E-state index in [2.05, 4.69) is 17.6 Å². The first-order valence-electron chi connectivity index (χ1n) is 9.18. The molecule has 1 heterocycles. The fraction of sp³-hybridized carbons (Fsp3) is 0.526. The molecule has 27 heavy (non-hydrogen) atoms. The third-order valence-corrected chi connectivity index (χ3v) is 4.80. The molecule has 0 unspecified atom stereocenters. The Morgan fingerprint density at radius 1 is 1.15 bits per heavy atom. The van der Waals surface area contributed by atoms with Gasteiger partial charge in [-0.15, -0.1) is 0 Å². The van der Waals surface area contributed by atoms with E-state index in [-0.39, 0.29) is 12.6 Å². The Kier molecular flexibility index (Phi) is 6.16. The number of carbonyl (C=O) groups is 3. The number of fused-ring (bicyclic) bond motifs is 1. The number of carbonyl (C=O) groups excluding carboxylic acids is 3. The van der Waals surface area contributed by atoms with Gasteiger partial charge in [0.1, 0.15) is 6.61 Å². The van der Waals surface area contributed by atoms with E-state index in [4.69, 9.17) is 14.2 Å². The molecule has 1 aliphatic carbocycles. The fourth-order valence-corrected chi connectivity index (χ4v) is 3.26.